The molecule has 6 heteroatoms. The first kappa shape index (κ1) is 16.6. The zero-order valence-electron chi connectivity index (χ0n) is 11.8. The molecule has 1 aromatic carbocycles. The Bertz CT molecular complexity index is 475. The Hall–Kier alpha value is -0.750. The van der Waals surface area contributed by atoms with Crippen LogP contribution in [0.4, 0.5) is 17.6 Å². The minimum Gasteiger partial charge on any atom is -0.310 e. The van der Waals surface area contributed by atoms with Crippen LogP contribution in [-0.2, 0) is 12.7 Å². The first-order valence-corrected chi connectivity index (χ1v) is 8.30. The molecule has 0 spiro atoms. The van der Waals surface area contributed by atoms with Crippen molar-refractivity contribution in [1.82, 2.24) is 5.32 Å². The Balaban J connectivity index is 1.97. The number of nitrogens with one attached hydrogen (secondary N) is 1. The monoisotopic (exact) mass is 321 g/mol. The Morgan fingerprint density at radius 3 is 2.71 bits per heavy atom. The molecule has 0 aromatic heterocycles. The van der Waals surface area contributed by atoms with Crippen LogP contribution < -0.4 is 5.32 Å². The number of benzene rings is 1. The lowest BCUT2D eigenvalue weighted by atomic mass is 9.94. The molecule has 0 bridgehead atoms. The van der Waals surface area contributed by atoms with E-state index in [9.17, 15) is 17.6 Å². The van der Waals surface area contributed by atoms with Gasteiger partial charge in [-0.05, 0) is 43.2 Å². The average molecular weight is 321 g/mol. The lowest BCUT2D eigenvalue weighted by Crippen LogP contribution is -2.34. The summed E-state index contributed by atoms with van der Waals surface area (Å²) in [6, 6.07) is 3.53. The van der Waals surface area contributed by atoms with Crippen LogP contribution in [0.3, 0.4) is 0 Å². The SMILES string of the molecule is CSC1CCCC(NCc2ccc(F)c(C(F)(F)F)c2)C1. The molecule has 0 aliphatic heterocycles. The van der Waals surface area contributed by atoms with E-state index in [2.05, 4.69) is 11.6 Å². The number of halogens is 4. The van der Waals surface area contributed by atoms with E-state index in [1.165, 1.54) is 12.5 Å². The summed E-state index contributed by atoms with van der Waals surface area (Å²) in [6.45, 7) is 0.342. The first-order valence-electron chi connectivity index (χ1n) is 7.02. The van der Waals surface area contributed by atoms with Gasteiger partial charge in [0.15, 0.2) is 0 Å². The van der Waals surface area contributed by atoms with Crippen LogP contribution in [0.25, 0.3) is 0 Å². The molecule has 1 nitrogen and oxygen atoms in total. The molecule has 1 N–H and O–H groups in total. The zero-order chi connectivity index (χ0) is 15.5. The van der Waals surface area contributed by atoms with Gasteiger partial charge in [0, 0.05) is 17.8 Å². The van der Waals surface area contributed by atoms with Crippen LogP contribution in [0.1, 0.15) is 36.8 Å². The molecule has 1 saturated carbocycles. The molecule has 2 atom stereocenters. The van der Waals surface area contributed by atoms with Crippen LogP contribution in [0, 0.1) is 5.82 Å². The lowest BCUT2D eigenvalue weighted by Gasteiger charge is -2.28. The second-order valence-corrected chi connectivity index (χ2v) is 6.55. The maximum absolute atomic E-state index is 13.2. The highest BCUT2D eigenvalue weighted by Gasteiger charge is 2.34. The van der Waals surface area contributed by atoms with Crippen molar-refractivity contribution in [3.63, 3.8) is 0 Å². The summed E-state index contributed by atoms with van der Waals surface area (Å²) in [5.41, 5.74) is -0.720. The minimum absolute atomic E-state index is 0.329. The number of thioether (sulfide) groups is 1. The van der Waals surface area contributed by atoms with Gasteiger partial charge < -0.3 is 5.32 Å². The van der Waals surface area contributed by atoms with Crippen molar-refractivity contribution in [2.24, 2.45) is 0 Å². The van der Waals surface area contributed by atoms with E-state index in [1.807, 2.05) is 11.8 Å². The van der Waals surface area contributed by atoms with Gasteiger partial charge in [0.05, 0.1) is 5.56 Å². The smallest absolute Gasteiger partial charge is 0.310 e. The first-order chi connectivity index (χ1) is 9.90. The van der Waals surface area contributed by atoms with Gasteiger partial charge in [-0.1, -0.05) is 12.5 Å². The van der Waals surface area contributed by atoms with Gasteiger partial charge >= 0.3 is 6.18 Å². The van der Waals surface area contributed by atoms with Crippen molar-refractivity contribution in [3.05, 3.63) is 35.1 Å². The predicted molar refractivity (Wildman–Crippen MR) is 77.8 cm³/mol. The summed E-state index contributed by atoms with van der Waals surface area (Å²) in [6.07, 6.45) is 1.87. The van der Waals surface area contributed by atoms with Gasteiger partial charge in [0.25, 0.3) is 0 Å². The third-order valence-electron chi connectivity index (χ3n) is 3.89. The standard InChI is InChI=1S/C15H19F4NS/c1-21-12-4-2-3-11(8-12)20-9-10-5-6-14(16)13(7-10)15(17,18)19/h5-7,11-12,20H,2-4,8-9H2,1H3. The van der Waals surface area contributed by atoms with Crippen LogP contribution in [0.2, 0.25) is 0 Å². The minimum atomic E-state index is -4.64. The molecule has 118 valence electrons. The van der Waals surface area contributed by atoms with Gasteiger partial charge in [0.1, 0.15) is 5.82 Å². The third-order valence-corrected chi connectivity index (χ3v) is 4.99. The fourth-order valence-electron chi connectivity index (χ4n) is 2.71. The molecule has 0 heterocycles. The van der Waals surface area contributed by atoms with Crippen molar-refractivity contribution in [2.75, 3.05) is 6.26 Å². The zero-order valence-corrected chi connectivity index (χ0v) is 12.7. The normalized spacial score (nSPS) is 23.3. The molecule has 21 heavy (non-hydrogen) atoms. The number of hydrogen-bond donors (Lipinski definition) is 1. The van der Waals surface area contributed by atoms with Crippen molar-refractivity contribution in [1.29, 1.82) is 0 Å². The van der Waals surface area contributed by atoms with E-state index in [0.29, 0.717) is 23.4 Å². The maximum Gasteiger partial charge on any atom is 0.419 e. The third kappa shape index (κ3) is 4.61. The lowest BCUT2D eigenvalue weighted by molar-refractivity contribution is -0.140. The van der Waals surface area contributed by atoms with E-state index in [1.54, 1.807) is 0 Å². The highest BCUT2D eigenvalue weighted by atomic mass is 32.2. The summed E-state index contributed by atoms with van der Waals surface area (Å²) in [4.78, 5) is 0. The summed E-state index contributed by atoms with van der Waals surface area (Å²) < 4.78 is 51.2. The van der Waals surface area contributed by atoms with Gasteiger partial charge in [-0.15, -0.1) is 0 Å². The number of alkyl halides is 3. The second kappa shape index (κ2) is 7.01. The van der Waals surface area contributed by atoms with Gasteiger partial charge in [-0.25, -0.2) is 4.39 Å². The van der Waals surface area contributed by atoms with Crippen molar-refractivity contribution < 1.29 is 17.6 Å². The molecule has 2 rings (SSSR count). The van der Waals surface area contributed by atoms with E-state index in [4.69, 9.17) is 0 Å². The van der Waals surface area contributed by atoms with Crippen molar-refractivity contribution in [3.8, 4) is 0 Å². The molecule has 0 radical (unpaired) electrons. The Kier molecular flexibility index (Phi) is 5.54. The van der Waals surface area contributed by atoms with E-state index >= 15 is 0 Å². The average Bonchev–Trinajstić information content (AvgIpc) is 2.45. The molecule has 0 amide bonds. The summed E-state index contributed by atoms with van der Waals surface area (Å²) in [5, 5.41) is 3.92. The van der Waals surface area contributed by atoms with Crippen LogP contribution in [0.5, 0.6) is 0 Å². The largest absolute Gasteiger partial charge is 0.419 e. The quantitative estimate of drug-likeness (QED) is 0.813. The summed E-state index contributed by atoms with van der Waals surface area (Å²) >= 11 is 1.84. The number of rotatable bonds is 4. The fraction of sp³-hybridized carbons (Fsp3) is 0.600. The molecule has 2 unspecified atom stereocenters. The van der Waals surface area contributed by atoms with Gasteiger partial charge in [-0.3, -0.25) is 0 Å². The highest BCUT2D eigenvalue weighted by molar-refractivity contribution is 7.99. The molecule has 0 saturated heterocycles. The molecule has 1 aliphatic carbocycles. The van der Waals surface area contributed by atoms with Crippen LogP contribution >= 0.6 is 11.8 Å². The fourth-order valence-corrected chi connectivity index (χ4v) is 3.53. The molecular weight excluding hydrogens is 302 g/mol. The Morgan fingerprint density at radius 2 is 2.05 bits per heavy atom. The van der Waals surface area contributed by atoms with Gasteiger partial charge in [0.2, 0.25) is 0 Å². The Labute approximate surface area is 126 Å². The maximum atomic E-state index is 13.2. The van der Waals surface area contributed by atoms with E-state index in [0.717, 1.165) is 31.4 Å². The van der Waals surface area contributed by atoms with Crippen LogP contribution in [-0.4, -0.2) is 17.5 Å². The van der Waals surface area contributed by atoms with Crippen LogP contribution in [0.15, 0.2) is 18.2 Å². The number of hydrogen-bond acceptors (Lipinski definition) is 2. The molecule has 1 aliphatic rings. The summed E-state index contributed by atoms with van der Waals surface area (Å²) in [5.74, 6) is -1.22. The molecule has 1 aromatic rings. The topological polar surface area (TPSA) is 12.0 Å². The van der Waals surface area contributed by atoms with E-state index in [-0.39, 0.29) is 0 Å². The molecule has 1 fully saturated rings. The second-order valence-electron chi connectivity index (χ2n) is 5.41. The predicted octanol–water partition coefficient (Wildman–Crippen LogP) is 4.61. The van der Waals surface area contributed by atoms with Crippen molar-refractivity contribution >= 4 is 11.8 Å². The van der Waals surface area contributed by atoms with Gasteiger partial charge in [-0.2, -0.15) is 24.9 Å². The highest BCUT2D eigenvalue weighted by Crippen LogP contribution is 2.32. The Morgan fingerprint density at radius 1 is 1.29 bits per heavy atom. The van der Waals surface area contributed by atoms with Crippen molar-refractivity contribution in [2.45, 2.75) is 49.7 Å². The van der Waals surface area contributed by atoms with E-state index < -0.39 is 17.6 Å². The summed E-state index contributed by atoms with van der Waals surface area (Å²) in [7, 11) is 0. The molecular formula is C15H19F4NS.